The van der Waals surface area contributed by atoms with Crippen molar-refractivity contribution in [3.05, 3.63) is 47.5 Å². The van der Waals surface area contributed by atoms with Crippen LogP contribution >= 0.6 is 35.5 Å². The summed E-state index contributed by atoms with van der Waals surface area (Å²) in [6.07, 6.45) is 2.29. The van der Waals surface area contributed by atoms with E-state index in [4.69, 9.17) is 9.72 Å². The van der Waals surface area contributed by atoms with Crippen molar-refractivity contribution in [3.63, 3.8) is 0 Å². The monoisotopic (exact) mass is 507 g/mol. The van der Waals surface area contributed by atoms with Gasteiger partial charge in [0.15, 0.2) is 5.13 Å². The minimum absolute atomic E-state index is 0. The van der Waals surface area contributed by atoms with Crippen molar-refractivity contribution in [2.45, 2.75) is 38.0 Å². The van der Waals surface area contributed by atoms with Gasteiger partial charge in [0.2, 0.25) is 5.91 Å². The summed E-state index contributed by atoms with van der Waals surface area (Å²) in [5.74, 6) is 1.92. The van der Waals surface area contributed by atoms with Crippen molar-refractivity contribution in [2.24, 2.45) is 0 Å². The lowest BCUT2D eigenvalue weighted by Gasteiger charge is -2.21. The van der Waals surface area contributed by atoms with Gasteiger partial charge in [-0.1, -0.05) is 17.4 Å². The summed E-state index contributed by atoms with van der Waals surface area (Å²) in [5, 5.41) is 0.820. The van der Waals surface area contributed by atoms with Crippen molar-refractivity contribution >= 4 is 56.8 Å². The highest BCUT2D eigenvalue weighted by Crippen LogP contribution is 2.32. The molecule has 5 nitrogen and oxygen atoms in total. The predicted octanol–water partition coefficient (Wildman–Crippen LogP) is 6.20. The van der Waals surface area contributed by atoms with E-state index in [9.17, 15) is 4.79 Å². The summed E-state index contributed by atoms with van der Waals surface area (Å²) >= 11 is 3.40. The van der Waals surface area contributed by atoms with Crippen molar-refractivity contribution in [1.29, 1.82) is 0 Å². The molecule has 2 aromatic carbocycles. The first kappa shape index (κ1) is 27.4. The summed E-state index contributed by atoms with van der Waals surface area (Å²) in [6.45, 7) is 5.83. The molecule has 0 aliphatic rings. The van der Waals surface area contributed by atoms with Gasteiger partial charge in [0, 0.05) is 17.9 Å². The fraction of sp³-hybridized carbons (Fsp3) is 0.440. The molecule has 1 aromatic heterocycles. The van der Waals surface area contributed by atoms with Crippen LogP contribution < -0.4 is 9.64 Å². The molecule has 0 saturated heterocycles. The number of aryl methyl sites for hydroxylation is 2. The number of carbonyl (C=O) groups excluding carboxylic acids is 1. The number of methoxy groups -OCH3 is 1. The molecule has 33 heavy (non-hydrogen) atoms. The predicted molar refractivity (Wildman–Crippen MR) is 145 cm³/mol. The summed E-state index contributed by atoms with van der Waals surface area (Å²) in [7, 11) is 5.80. The molecule has 0 bridgehead atoms. The second-order valence-electron chi connectivity index (χ2n) is 8.25. The van der Waals surface area contributed by atoms with Gasteiger partial charge in [-0.25, -0.2) is 4.98 Å². The summed E-state index contributed by atoms with van der Waals surface area (Å²) < 4.78 is 6.36. The molecule has 180 valence electrons. The van der Waals surface area contributed by atoms with Crippen LogP contribution in [0.4, 0.5) is 5.13 Å². The Hall–Kier alpha value is -1.80. The van der Waals surface area contributed by atoms with Crippen LogP contribution in [0.25, 0.3) is 10.2 Å². The Morgan fingerprint density at radius 1 is 1.09 bits per heavy atom. The number of thiazole rings is 1. The number of halogens is 1. The van der Waals surface area contributed by atoms with Crippen molar-refractivity contribution in [1.82, 2.24) is 9.88 Å². The quantitative estimate of drug-likeness (QED) is 0.228. The van der Waals surface area contributed by atoms with Crippen LogP contribution in [0.5, 0.6) is 5.75 Å². The second kappa shape index (κ2) is 13.2. The molecule has 0 unspecified atom stereocenters. The third-order valence-corrected chi connectivity index (χ3v) is 7.32. The molecule has 0 saturated carbocycles. The zero-order valence-corrected chi connectivity index (χ0v) is 22.5. The van der Waals surface area contributed by atoms with Crippen molar-refractivity contribution in [2.75, 3.05) is 44.9 Å². The molecule has 0 atom stereocenters. The van der Waals surface area contributed by atoms with Crippen LogP contribution in [0.15, 0.2) is 41.3 Å². The maximum Gasteiger partial charge on any atom is 0.228 e. The molecule has 3 rings (SSSR count). The average Bonchev–Trinajstić information content (AvgIpc) is 3.18. The number of hydrogen-bond donors (Lipinski definition) is 0. The lowest BCUT2D eigenvalue weighted by Crippen LogP contribution is -2.33. The van der Waals surface area contributed by atoms with Gasteiger partial charge >= 0.3 is 0 Å². The van der Waals surface area contributed by atoms with E-state index in [1.54, 1.807) is 30.2 Å². The zero-order chi connectivity index (χ0) is 23.1. The number of aromatic nitrogens is 1. The van der Waals surface area contributed by atoms with Crippen LogP contribution in [-0.4, -0.2) is 55.8 Å². The van der Waals surface area contributed by atoms with Gasteiger partial charge in [-0.2, -0.15) is 0 Å². The molecular formula is C25H34ClN3O2S2. The van der Waals surface area contributed by atoms with Gasteiger partial charge in [0.25, 0.3) is 0 Å². The smallest absolute Gasteiger partial charge is 0.228 e. The molecular weight excluding hydrogens is 474 g/mol. The van der Waals surface area contributed by atoms with Crippen LogP contribution in [0.1, 0.15) is 30.4 Å². The zero-order valence-electron chi connectivity index (χ0n) is 20.1. The van der Waals surface area contributed by atoms with E-state index in [0.717, 1.165) is 46.2 Å². The highest BCUT2D eigenvalue weighted by Gasteiger charge is 2.20. The number of hydrogen-bond acceptors (Lipinski definition) is 6. The van der Waals surface area contributed by atoms with Gasteiger partial charge in [0.1, 0.15) is 5.75 Å². The van der Waals surface area contributed by atoms with Crippen LogP contribution in [0.2, 0.25) is 0 Å². The molecule has 0 aliphatic carbocycles. The second-order valence-corrected chi connectivity index (χ2v) is 10.4. The van der Waals surface area contributed by atoms with E-state index < -0.39 is 0 Å². The first-order valence-electron chi connectivity index (χ1n) is 11.0. The molecule has 1 heterocycles. The molecule has 0 radical (unpaired) electrons. The van der Waals surface area contributed by atoms with Gasteiger partial charge in [0.05, 0.1) is 17.3 Å². The van der Waals surface area contributed by atoms with Crippen molar-refractivity contribution < 1.29 is 9.53 Å². The van der Waals surface area contributed by atoms with E-state index in [1.807, 2.05) is 17.0 Å². The Morgan fingerprint density at radius 3 is 2.48 bits per heavy atom. The SMILES string of the molecule is COc1ccc(SCCCC(=O)N(CCCN(C)C)c2nc3c(C)cc(C)cc3s2)cc1.Cl. The number of amides is 1. The topological polar surface area (TPSA) is 45.7 Å². The molecule has 0 aliphatic heterocycles. The van der Waals surface area contributed by atoms with E-state index in [2.05, 4.69) is 57.1 Å². The van der Waals surface area contributed by atoms with Gasteiger partial charge < -0.3 is 9.64 Å². The lowest BCUT2D eigenvalue weighted by molar-refractivity contribution is -0.118. The molecule has 3 aromatic rings. The van der Waals surface area contributed by atoms with Gasteiger partial charge in [-0.3, -0.25) is 9.69 Å². The molecule has 0 spiro atoms. The fourth-order valence-corrected chi connectivity index (χ4v) is 5.60. The van der Waals surface area contributed by atoms with Crippen LogP contribution in [0, 0.1) is 13.8 Å². The van der Waals surface area contributed by atoms with E-state index in [-0.39, 0.29) is 18.3 Å². The molecule has 0 fully saturated rings. The Labute approximate surface area is 211 Å². The lowest BCUT2D eigenvalue weighted by atomic mass is 10.1. The van der Waals surface area contributed by atoms with Gasteiger partial charge in [-0.15, -0.1) is 24.2 Å². The highest BCUT2D eigenvalue weighted by molar-refractivity contribution is 7.99. The minimum atomic E-state index is 0. The van der Waals surface area contributed by atoms with Crippen LogP contribution in [0.3, 0.4) is 0 Å². The van der Waals surface area contributed by atoms with E-state index in [0.29, 0.717) is 13.0 Å². The first-order valence-corrected chi connectivity index (χ1v) is 12.8. The maximum atomic E-state index is 13.2. The first-order chi connectivity index (χ1) is 15.4. The maximum absolute atomic E-state index is 13.2. The Balaban J connectivity index is 0.00000385. The normalized spacial score (nSPS) is 11.0. The van der Waals surface area contributed by atoms with Crippen molar-refractivity contribution in [3.8, 4) is 5.75 Å². The van der Waals surface area contributed by atoms with E-state index in [1.165, 1.54) is 16.0 Å². The van der Waals surface area contributed by atoms with Gasteiger partial charge in [-0.05, 0) is 94.5 Å². The molecule has 0 N–H and O–H groups in total. The number of fused-ring (bicyclic) bond motifs is 1. The summed E-state index contributed by atoms with van der Waals surface area (Å²) in [4.78, 5) is 23.3. The average molecular weight is 508 g/mol. The number of anilines is 1. The molecule has 1 amide bonds. The number of rotatable bonds is 11. The largest absolute Gasteiger partial charge is 0.497 e. The fourth-order valence-electron chi connectivity index (χ4n) is 3.57. The number of carbonyl (C=O) groups is 1. The minimum Gasteiger partial charge on any atom is -0.497 e. The van der Waals surface area contributed by atoms with E-state index >= 15 is 0 Å². The standard InChI is InChI=1S/C25H33N3O2S2.ClH/c1-18-16-19(2)24-22(17-18)32-25(26-24)28(14-7-13-27(3)4)23(29)8-6-15-31-21-11-9-20(30-5)10-12-21;/h9-12,16-17H,6-8,13-15H2,1-5H3;1H. The third kappa shape index (κ3) is 7.88. The van der Waals surface area contributed by atoms with Crippen LogP contribution in [-0.2, 0) is 4.79 Å². The number of benzene rings is 2. The Kier molecular flexibility index (Phi) is 11.0. The Bertz CT molecular complexity index is 1040. The molecule has 8 heteroatoms. The number of thioether (sulfide) groups is 1. The highest BCUT2D eigenvalue weighted by atomic mass is 35.5. The number of nitrogens with zero attached hydrogens (tertiary/aromatic N) is 3. The number of ether oxygens (including phenoxy) is 1. The third-order valence-electron chi connectivity index (χ3n) is 5.20. The Morgan fingerprint density at radius 2 is 1.82 bits per heavy atom. The summed E-state index contributed by atoms with van der Waals surface area (Å²) in [6, 6.07) is 12.4. The summed E-state index contributed by atoms with van der Waals surface area (Å²) in [5.41, 5.74) is 3.40.